The molecule has 1 amide bonds. The van der Waals surface area contributed by atoms with Gasteiger partial charge in [0.05, 0.1) is 0 Å². The van der Waals surface area contributed by atoms with Gasteiger partial charge in [0.15, 0.2) is 11.5 Å². The van der Waals surface area contributed by atoms with Gasteiger partial charge >= 0.3 is 0 Å². The minimum atomic E-state index is -0.549. The van der Waals surface area contributed by atoms with Crippen LogP contribution in [0.4, 0.5) is 0 Å². The van der Waals surface area contributed by atoms with Crippen molar-refractivity contribution in [1.82, 2.24) is 4.98 Å². The predicted molar refractivity (Wildman–Crippen MR) is 61.3 cm³/mol. The topological polar surface area (TPSA) is 74.4 Å². The Bertz CT molecular complexity index is 610. The summed E-state index contributed by atoms with van der Waals surface area (Å²) in [4.78, 5) is 15.3. The minimum Gasteiger partial charge on any atom is -0.486 e. The Morgan fingerprint density at radius 3 is 2.65 bits per heavy atom. The van der Waals surface area contributed by atoms with Gasteiger partial charge in [0.2, 0.25) is 0 Å². The van der Waals surface area contributed by atoms with Gasteiger partial charge in [-0.3, -0.25) is 9.78 Å². The zero-order valence-electron chi connectivity index (χ0n) is 8.97. The SMILES string of the molecule is NC(=O)c1nccc2cc3c(cc12)OCCO3. The maximum Gasteiger partial charge on any atom is 0.267 e. The van der Waals surface area contributed by atoms with Crippen LogP contribution in [0.5, 0.6) is 11.5 Å². The smallest absolute Gasteiger partial charge is 0.267 e. The van der Waals surface area contributed by atoms with Gasteiger partial charge < -0.3 is 15.2 Å². The highest BCUT2D eigenvalue weighted by atomic mass is 16.6. The first-order valence-corrected chi connectivity index (χ1v) is 5.24. The molecule has 0 atom stereocenters. The fourth-order valence-electron chi connectivity index (χ4n) is 1.91. The molecule has 0 unspecified atom stereocenters. The molecule has 1 aromatic heterocycles. The van der Waals surface area contributed by atoms with Gasteiger partial charge in [-0.25, -0.2) is 0 Å². The van der Waals surface area contributed by atoms with Crippen LogP contribution >= 0.6 is 0 Å². The van der Waals surface area contributed by atoms with E-state index in [1.54, 1.807) is 18.3 Å². The Kier molecular flexibility index (Phi) is 2.11. The van der Waals surface area contributed by atoms with Crippen molar-refractivity contribution in [2.24, 2.45) is 5.73 Å². The van der Waals surface area contributed by atoms with Crippen molar-refractivity contribution < 1.29 is 14.3 Å². The van der Waals surface area contributed by atoms with E-state index in [1.807, 2.05) is 6.07 Å². The molecule has 5 heteroatoms. The molecule has 2 heterocycles. The van der Waals surface area contributed by atoms with Crippen molar-refractivity contribution >= 4 is 16.7 Å². The second-order valence-corrected chi connectivity index (χ2v) is 3.74. The first-order valence-electron chi connectivity index (χ1n) is 5.24. The fraction of sp³-hybridized carbons (Fsp3) is 0.167. The fourth-order valence-corrected chi connectivity index (χ4v) is 1.91. The quantitative estimate of drug-likeness (QED) is 0.796. The van der Waals surface area contributed by atoms with Crippen LogP contribution in [0, 0.1) is 0 Å². The summed E-state index contributed by atoms with van der Waals surface area (Å²) in [6.07, 6.45) is 1.55. The third-order valence-electron chi connectivity index (χ3n) is 2.66. The number of carbonyl (C=O) groups excluding carboxylic acids is 1. The highest BCUT2D eigenvalue weighted by Crippen LogP contribution is 2.35. The molecule has 3 rings (SSSR count). The van der Waals surface area contributed by atoms with Crippen LogP contribution in [0.3, 0.4) is 0 Å². The number of hydrogen-bond acceptors (Lipinski definition) is 4. The first kappa shape index (κ1) is 9.89. The van der Waals surface area contributed by atoms with Crippen LogP contribution in [0.2, 0.25) is 0 Å². The standard InChI is InChI=1S/C12H10N2O3/c13-12(15)11-8-6-10-9(16-3-4-17-10)5-7(8)1-2-14-11/h1-2,5-6H,3-4H2,(H2,13,15). The summed E-state index contributed by atoms with van der Waals surface area (Å²) >= 11 is 0. The van der Waals surface area contributed by atoms with Gasteiger partial charge in [0.1, 0.15) is 18.9 Å². The van der Waals surface area contributed by atoms with Gasteiger partial charge in [0, 0.05) is 11.6 Å². The summed E-state index contributed by atoms with van der Waals surface area (Å²) < 4.78 is 10.9. The Labute approximate surface area is 97.2 Å². The number of rotatable bonds is 1. The number of aromatic nitrogens is 1. The monoisotopic (exact) mass is 230 g/mol. The molecular formula is C12H10N2O3. The Hall–Kier alpha value is -2.30. The average Bonchev–Trinajstić information content (AvgIpc) is 2.35. The van der Waals surface area contributed by atoms with Crippen LogP contribution in [-0.4, -0.2) is 24.1 Å². The lowest BCUT2D eigenvalue weighted by Crippen LogP contribution is -2.16. The average molecular weight is 230 g/mol. The Balaban J connectivity index is 2.30. The molecule has 0 radical (unpaired) electrons. The zero-order chi connectivity index (χ0) is 11.8. The molecule has 0 saturated heterocycles. The number of amides is 1. The van der Waals surface area contributed by atoms with Gasteiger partial charge in [-0.05, 0) is 23.6 Å². The van der Waals surface area contributed by atoms with Crippen LogP contribution in [-0.2, 0) is 0 Å². The normalized spacial score (nSPS) is 13.6. The van der Waals surface area contributed by atoms with Gasteiger partial charge in [-0.1, -0.05) is 0 Å². The number of nitrogens with two attached hydrogens (primary N) is 1. The van der Waals surface area contributed by atoms with Crippen molar-refractivity contribution in [3.63, 3.8) is 0 Å². The van der Waals surface area contributed by atoms with Gasteiger partial charge in [-0.15, -0.1) is 0 Å². The molecule has 0 fully saturated rings. The molecular weight excluding hydrogens is 220 g/mol. The van der Waals surface area contributed by atoms with E-state index in [9.17, 15) is 4.79 Å². The van der Waals surface area contributed by atoms with E-state index in [4.69, 9.17) is 15.2 Å². The van der Waals surface area contributed by atoms with E-state index < -0.39 is 5.91 Å². The molecule has 0 spiro atoms. The summed E-state index contributed by atoms with van der Waals surface area (Å²) in [5.41, 5.74) is 5.53. The third-order valence-corrected chi connectivity index (χ3v) is 2.66. The number of nitrogens with zero attached hydrogens (tertiary/aromatic N) is 1. The maximum atomic E-state index is 11.3. The second kappa shape index (κ2) is 3.62. The van der Waals surface area contributed by atoms with Crippen molar-refractivity contribution in [3.8, 4) is 11.5 Å². The Morgan fingerprint density at radius 1 is 1.24 bits per heavy atom. The first-order chi connectivity index (χ1) is 8.25. The highest BCUT2D eigenvalue weighted by molar-refractivity contribution is 6.05. The number of pyridine rings is 1. The number of carbonyl (C=O) groups is 1. The van der Waals surface area contributed by atoms with E-state index in [1.165, 1.54) is 0 Å². The summed E-state index contributed by atoms with van der Waals surface area (Å²) in [7, 11) is 0. The molecule has 2 N–H and O–H groups in total. The van der Waals surface area contributed by atoms with E-state index in [2.05, 4.69) is 4.98 Å². The molecule has 1 aromatic carbocycles. The lowest BCUT2D eigenvalue weighted by molar-refractivity contribution is 0.0997. The molecule has 86 valence electrons. The largest absolute Gasteiger partial charge is 0.486 e. The molecule has 2 aromatic rings. The summed E-state index contributed by atoms with van der Waals surface area (Å²) in [5, 5.41) is 1.54. The van der Waals surface area contributed by atoms with E-state index in [0.717, 1.165) is 5.39 Å². The maximum absolute atomic E-state index is 11.3. The third kappa shape index (κ3) is 1.56. The molecule has 0 saturated carbocycles. The van der Waals surface area contributed by atoms with Crippen molar-refractivity contribution in [2.45, 2.75) is 0 Å². The number of ether oxygens (including phenoxy) is 2. The number of hydrogen-bond donors (Lipinski definition) is 1. The van der Waals surface area contributed by atoms with Crippen molar-refractivity contribution in [2.75, 3.05) is 13.2 Å². The molecule has 0 aliphatic carbocycles. The van der Waals surface area contributed by atoms with Crippen LogP contribution in [0.15, 0.2) is 24.4 Å². The second-order valence-electron chi connectivity index (χ2n) is 3.74. The lowest BCUT2D eigenvalue weighted by atomic mass is 10.1. The number of benzene rings is 1. The highest BCUT2D eigenvalue weighted by Gasteiger charge is 2.16. The van der Waals surface area contributed by atoms with Crippen molar-refractivity contribution in [1.29, 1.82) is 0 Å². The Morgan fingerprint density at radius 2 is 1.94 bits per heavy atom. The van der Waals surface area contributed by atoms with E-state index >= 15 is 0 Å². The van der Waals surface area contributed by atoms with E-state index in [0.29, 0.717) is 30.1 Å². The summed E-state index contributed by atoms with van der Waals surface area (Å²) in [5.74, 6) is 0.761. The van der Waals surface area contributed by atoms with E-state index in [-0.39, 0.29) is 5.69 Å². The summed E-state index contributed by atoms with van der Waals surface area (Å²) in [6.45, 7) is 1.04. The number of fused-ring (bicyclic) bond motifs is 2. The lowest BCUT2D eigenvalue weighted by Gasteiger charge is -2.19. The molecule has 1 aliphatic heterocycles. The van der Waals surface area contributed by atoms with Crippen LogP contribution in [0.1, 0.15) is 10.5 Å². The number of primary amides is 1. The van der Waals surface area contributed by atoms with Crippen molar-refractivity contribution in [3.05, 3.63) is 30.1 Å². The molecule has 5 nitrogen and oxygen atoms in total. The van der Waals surface area contributed by atoms with Gasteiger partial charge in [0.25, 0.3) is 5.91 Å². The zero-order valence-corrected chi connectivity index (χ0v) is 8.97. The predicted octanol–water partition coefficient (Wildman–Crippen LogP) is 1.10. The molecule has 1 aliphatic rings. The molecule has 0 bridgehead atoms. The van der Waals surface area contributed by atoms with Crippen LogP contribution < -0.4 is 15.2 Å². The minimum absolute atomic E-state index is 0.250. The van der Waals surface area contributed by atoms with Crippen LogP contribution in [0.25, 0.3) is 10.8 Å². The summed E-state index contributed by atoms with van der Waals surface area (Å²) in [6, 6.07) is 5.38. The van der Waals surface area contributed by atoms with Gasteiger partial charge in [-0.2, -0.15) is 0 Å². The molecule has 17 heavy (non-hydrogen) atoms.